The Balaban J connectivity index is 1.68. The summed E-state index contributed by atoms with van der Waals surface area (Å²) in [5.74, 6) is -0.801. The maximum Gasteiger partial charge on any atom is 0.339 e. The molecule has 39 heavy (non-hydrogen) atoms. The van der Waals surface area contributed by atoms with E-state index < -0.39 is 29.6 Å². The van der Waals surface area contributed by atoms with Crippen LogP contribution < -0.4 is 14.8 Å². The predicted molar refractivity (Wildman–Crippen MR) is 151 cm³/mol. The third-order valence-corrected chi connectivity index (χ3v) is 6.54. The van der Waals surface area contributed by atoms with Gasteiger partial charge < -0.3 is 19.5 Å². The number of hydrogen-bond acceptors (Lipinski definition) is 8. The minimum absolute atomic E-state index is 0.104. The summed E-state index contributed by atoms with van der Waals surface area (Å²) in [5, 5.41) is 2.19. The molecule has 0 radical (unpaired) electrons. The highest BCUT2D eigenvalue weighted by Crippen LogP contribution is 2.34. The maximum absolute atomic E-state index is 12.9. The molecule has 9 nitrogen and oxygen atoms in total. The standard InChI is InChI=1S/C28H29ClN2O7S/c1-4-7-13-38-27(34)20-16-19(9-10-21(20)29)30-25(32)17-31-26(33)24(39-28(31)35)15-18-8-11-22(37-12-5-2)23(14-18)36-6-3/h5,8-11,14-16H,2,4,6-7,12-13,17H2,1,3H3,(H,30,32)/b24-15+. The number of anilines is 1. The number of amides is 3. The van der Waals surface area contributed by atoms with E-state index in [1.807, 2.05) is 13.8 Å². The van der Waals surface area contributed by atoms with Crippen LogP contribution >= 0.6 is 23.4 Å². The van der Waals surface area contributed by atoms with Crippen molar-refractivity contribution in [1.82, 2.24) is 4.90 Å². The van der Waals surface area contributed by atoms with Gasteiger partial charge in [-0.3, -0.25) is 19.3 Å². The summed E-state index contributed by atoms with van der Waals surface area (Å²) in [4.78, 5) is 51.5. The van der Waals surface area contributed by atoms with Crippen molar-refractivity contribution in [3.63, 3.8) is 0 Å². The van der Waals surface area contributed by atoms with Crippen LogP contribution in [0.25, 0.3) is 6.08 Å². The van der Waals surface area contributed by atoms with Gasteiger partial charge in [0.25, 0.3) is 11.1 Å². The molecule has 11 heteroatoms. The summed E-state index contributed by atoms with van der Waals surface area (Å²) in [7, 11) is 0. The van der Waals surface area contributed by atoms with Gasteiger partial charge in [-0.05, 0) is 67.1 Å². The lowest BCUT2D eigenvalue weighted by molar-refractivity contribution is -0.127. The zero-order valence-electron chi connectivity index (χ0n) is 21.7. The fraction of sp³-hybridized carbons (Fsp3) is 0.286. The first kappa shape index (κ1) is 29.8. The minimum atomic E-state index is -0.617. The number of unbranched alkanes of at least 4 members (excludes halogenated alkanes) is 1. The van der Waals surface area contributed by atoms with Crippen molar-refractivity contribution in [2.45, 2.75) is 26.7 Å². The normalized spacial score (nSPS) is 13.9. The first-order valence-corrected chi connectivity index (χ1v) is 13.5. The lowest BCUT2D eigenvalue weighted by atomic mass is 10.2. The van der Waals surface area contributed by atoms with Crippen LogP contribution in [0.2, 0.25) is 5.02 Å². The van der Waals surface area contributed by atoms with Crippen LogP contribution in [0.5, 0.6) is 11.5 Å². The Morgan fingerprint density at radius 2 is 1.90 bits per heavy atom. The van der Waals surface area contributed by atoms with Crippen LogP contribution in [0.1, 0.15) is 42.6 Å². The Kier molecular flexibility index (Phi) is 11.0. The number of esters is 1. The molecule has 1 fully saturated rings. The molecule has 1 N–H and O–H groups in total. The van der Waals surface area contributed by atoms with Crippen molar-refractivity contribution >= 4 is 58.1 Å². The molecule has 0 atom stereocenters. The first-order chi connectivity index (χ1) is 18.8. The number of nitrogens with zero attached hydrogens (tertiary/aromatic N) is 1. The van der Waals surface area contributed by atoms with E-state index in [1.165, 1.54) is 18.2 Å². The predicted octanol–water partition coefficient (Wildman–Crippen LogP) is 5.94. The van der Waals surface area contributed by atoms with Gasteiger partial charge in [-0.15, -0.1) is 0 Å². The van der Waals surface area contributed by atoms with Gasteiger partial charge in [0, 0.05) is 5.69 Å². The van der Waals surface area contributed by atoms with E-state index >= 15 is 0 Å². The van der Waals surface area contributed by atoms with Gasteiger partial charge in [-0.2, -0.15) is 0 Å². The lowest BCUT2D eigenvalue weighted by Gasteiger charge is -2.13. The second-order valence-corrected chi connectivity index (χ2v) is 9.64. The third-order valence-electron chi connectivity index (χ3n) is 5.30. The topological polar surface area (TPSA) is 111 Å². The molecule has 0 saturated carbocycles. The van der Waals surface area contributed by atoms with E-state index in [4.69, 9.17) is 25.8 Å². The van der Waals surface area contributed by atoms with Crippen LogP contribution in [0.15, 0.2) is 54.0 Å². The van der Waals surface area contributed by atoms with E-state index in [9.17, 15) is 19.2 Å². The smallest absolute Gasteiger partial charge is 0.339 e. The van der Waals surface area contributed by atoms with Crippen LogP contribution in [-0.2, 0) is 14.3 Å². The molecule has 3 amide bonds. The summed E-state index contributed by atoms with van der Waals surface area (Å²) in [5.41, 5.74) is 1.00. The average Bonchev–Trinajstić information content (AvgIpc) is 3.16. The van der Waals surface area contributed by atoms with Crippen LogP contribution in [0.4, 0.5) is 10.5 Å². The van der Waals surface area contributed by atoms with Gasteiger partial charge in [0.2, 0.25) is 5.91 Å². The summed E-state index contributed by atoms with van der Waals surface area (Å²) in [6.45, 7) is 7.91. The van der Waals surface area contributed by atoms with Gasteiger partial charge in [0.1, 0.15) is 13.2 Å². The number of carbonyl (C=O) groups is 4. The number of thioether (sulfide) groups is 1. The van der Waals surface area contributed by atoms with E-state index in [-0.39, 0.29) is 27.8 Å². The molecular formula is C28H29ClN2O7S. The van der Waals surface area contributed by atoms with Crippen LogP contribution in [0, 0.1) is 0 Å². The zero-order valence-corrected chi connectivity index (χ0v) is 23.2. The summed E-state index contributed by atoms with van der Waals surface area (Å²) < 4.78 is 16.4. The molecule has 0 spiro atoms. The fourth-order valence-corrected chi connectivity index (χ4v) is 4.46. The molecule has 1 saturated heterocycles. The second-order valence-electron chi connectivity index (χ2n) is 8.24. The monoisotopic (exact) mass is 572 g/mol. The number of imide groups is 1. The zero-order chi connectivity index (χ0) is 28.4. The molecule has 1 aliphatic heterocycles. The molecular weight excluding hydrogens is 544 g/mol. The fourth-order valence-electron chi connectivity index (χ4n) is 3.43. The number of hydrogen-bond donors (Lipinski definition) is 1. The van der Waals surface area contributed by atoms with E-state index in [2.05, 4.69) is 11.9 Å². The molecule has 1 heterocycles. The summed E-state index contributed by atoms with van der Waals surface area (Å²) >= 11 is 6.85. The highest BCUT2D eigenvalue weighted by atomic mass is 35.5. The van der Waals surface area contributed by atoms with E-state index in [0.717, 1.165) is 29.5 Å². The Labute approximate surface area is 236 Å². The van der Waals surface area contributed by atoms with E-state index in [1.54, 1.807) is 30.4 Å². The molecule has 206 valence electrons. The highest BCUT2D eigenvalue weighted by molar-refractivity contribution is 8.18. The van der Waals surface area contributed by atoms with Crippen LogP contribution in [0.3, 0.4) is 0 Å². The molecule has 2 aromatic carbocycles. The molecule has 0 bridgehead atoms. The van der Waals surface area contributed by atoms with Crippen molar-refractivity contribution in [1.29, 1.82) is 0 Å². The molecule has 2 aromatic rings. The number of nitrogens with one attached hydrogen (secondary N) is 1. The summed E-state index contributed by atoms with van der Waals surface area (Å²) in [6.07, 6.45) is 4.75. The van der Waals surface area contributed by atoms with E-state index in [0.29, 0.717) is 30.3 Å². The Hall–Kier alpha value is -3.76. The first-order valence-electron chi connectivity index (χ1n) is 12.3. The Morgan fingerprint density at radius 1 is 1.10 bits per heavy atom. The van der Waals surface area contributed by atoms with Crippen LogP contribution in [-0.4, -0.2) is 54.3 Å². The highest BCUT2D eigenvalue weighted by Gasteiger charge is 2.36. The number of benzene rings is 2. The minimum Gasteiger partial charge on any atom is -0.490 e. The SMILES string of the molecule is C=CCOc1ccc(/C=C2/SC(=O)N(CC(=O)Nc3ccc(Cl)c(C(=O)OCCCC)c3)C2=O)cc1OCC. The quantitative estimate of drug-likeness (QED) is 0.136. The number of halogens is 1. The lowest BCUT2D eigenvalue weighted by Crippen LogP contribution is -2.36. The Bertz CT molecular complexity index is 1290. The van der Waals surface area contributed by atoms with Gasteiger partial charge in [0.05, 0.1) is 28.7 Å². The third kappa shape index (κ3) is 8.11. The van der Waals surface area contributed by atoms with Gasteiger partial charge in [0.15, 0.2) is 11.5 Å². The molecule has 3 rings (SSSR count). The van der Waals surface area contributed by atoms with Gasteiger partial charge in [-0.1, -0.05) is 43.7 Å². The maximum atomic E-state index is 12.9. The van der Waals surface area contributed by atoms with Crippen molar-refractivity contribution in [2.24, 2.45) is 0 Å². The van der Waals surface area contributed by atoms with Crippen molar-refractivity contribution < 1.29 is 33.4 Å². The molecule has 1 aliphatic rings. The number of rotatable bonds is 13. The average molecular weight is 573 g/mol. The molecule has 0 unspecified atom stereocenters. The van der Waals surface area contributed by atoms with Crippen molar-refractivity contribution in [2.75, 3.05) is 31.7 Å². The van der Waals surface area contributed by atoms with Gasteiger partial charge in [-0.25, -0.2) is 4.79 Å². The number of ether oxygens (including phenoxy) is 3. The summed E-state index contributed by atoms with van der Waals surface area (Å²) in [6, 6.07) is 9.50. The van der Waals surface area contributed by atoms with Crippen molar-refractivity contribution in [3.05, 3.63) is 70.1 Å². The number of carbonyl (C=O) groups excluding carboxylic acids is 4. The second kappa shape index (κ2) is 14.4. The van der Waals surface area contributed by atoms with Crippen molar-refractivity contribution in [3.8, 4) is 11.5 Å². The Morgan fingerprint density at radius 3 is 2.62 bits per heavy atom. The molecule has 0 aromatic heterocycles. The molecule has 0 aliphatic carbocycles. The van der Waals surface area contributed by atoms with Gasteiger partial charge >= 0.3 is 5.97 Å². The largest absolute Gasteiger partial charge is 0.490 e.